The molecule has 2 N–H and O–H groups in total. The molecule has 0 heterocycles. The van der Waals surface area contributed by atoms with Gasteiger partial charge in [0.1, 0.15) is 5.75 Å². The van der Waals surface area contributed by atoms with Crippen molar-refractivity contribution >= 4 is 11.7 Å². The first kappa shape index (κ1) is 16.3. The van der Waals surface area contributed by atoms with Crippen molar-refractivity contribution in [3.05, 3.63) is 24.3 Å². The Kier molecular flexibility index (Phi) is 8.22. The van der Waals surface area contributed by atoms with Gasteiger partial charge in [-0.05, 0) is 37.1 Å². The number of nitrogens with one attached hydrogen (secondary N) is 2. The maximum Gasteiger partial charge on any atom is 0.319 e. The summed E-state index contributed by atoms with van der Waals surface area (Å²) in [6.45, 7) is 4.22. The van der Waals surface area contributed by atoms with Gasteiger partial charge in [0, 0.05) is 25.4 Å². The molecule has 1 aromatic rings. The van der Waals surface area contributed by atoms with Gasteiger partial charge in [0.15, 0.2) is 0 Å². The highest BCUT2D eigenvalue weighted by atomic mass is 16.5. The molecule has 1 rings (SSSR count). The van der Waals surface area contributed by atoms with Gasteiger partial charge in [-0.2, -0.15) is 0 Å². The van der Waals surface area contributed by atoms with E-state index in [-0.39, 0.29) is 6.03 Å². The third kappa shape index (κ3) is 6.99. The smallest absolute Gasteiger partial charge is 0.319 e. The zero-order valence-corrected chi connectivity index (χ0v) is 12.3. The van der Waals surface area contributed by atoms with Gasteiger partial charge in [-0.15, -0.1) is 0 Å². The largest absolute Gasteiger partial charge is 0.497 e. The number of ether oxygens (including phenoxy) is 2. The van der Waals surface area contributed by atoms with Crippen molar-refractivity contribution in [2.24, 2.45) is 0 Å². The Bertz CT molecular complexity index is 379. The Labute approximate surface area is 120 Å². The third-order valence-electron chi connectivity index (χ3n) is 2.74. The number of benzene rings is 1. The summed E-state index contributed by atoms with van der Waals surface area (Å²) in [6, 6.07) is 7.00. The Balaban J connectivity index is 2.10. The minimum atomic E-state index is -0.205. The lowest BCUT2D eigenvalue weighted by molar-refractivity contribution is 0.129. The summed E-state index contributed by atoms with van der Waals surface area (Å²) in [5.74, 6) is 0.764. The summed E-state index contributed by atoms with van der Waals surface area (Å²) in [4.78, 5) is 11.6. The van der Waals surface area contributed by atoms with Crippen molar-refractivity contribution < 1.29 is 14.3 Å². The standard InChI is InChI=1S/C15H24N2O3/c1-3-4-11-20-12-5-10-16-15(18)17-13-6-8-14(19-2)9-7-13/h6-9H,3-5,10-12H2,1-2H3,(H2,16,17,18). The molecular weight excluding hydrogens is 256 g/mol. The van der Waals surface area contributed by atoms with Crippen molar-refractivity contribution in [3.8, 4) is 5.75 Å². The highest BCUT2D eigenvalue weighted by molar-refractivity contribution is 5.89. The zero-order chi connectivity index (χ0) is 14.6. The molecule has 5 nitrogen and oxygen atoms in total. The number of carbonyl (C=O) groups is 1. The topological polar surface area (TPSA) is 59.6 Å². The molecule has 112 valence electrons. The predicted molar refractivity (Wildman–Crippen MR) is 80.4 cm³/mol. The quantitative estimate of drug-likeness (QED) is 0.684. The lowest BCUT2D eigenvalue weighted by Crippen LogP contribution is -2.30. The van der Waals surface area contributed by atoms with E-state index in [2.05, 4.69) is 17.6 Å². The van der Waals surface area contributed by atoms with E-state index < -0.39 is 0 Å². The van der Waals surface area contributed by atoms with Gasteiger partial charge in [-0.3, -0.25) is 0 Å². The first-order chi connectivity index (χ1) is 9.76. The molecule has 0 saturated heterocycles. The number of unbranched alkanes of at least 4 members (excludes halogenated alkanes) is 1. The molecule has 20 heavy (non-hydrogen) atoms. The van der Waals surface area contributed by atoms with Gasteiger partial charge in [0.05, 0.1) is 7.11 Å². The molecule has 0 atom stereocenters. The van der Waals surface area contributed by atoms with Crippen molar-refractivity contribution in [1.82, 2.24) is 5.32 Å². The molecule has 0 spiro atoms. The van der Waals surface area contributed by atoms with Crippen LogP contribution >= 0.6 is 0 Å². The molecule has 0 aliphatic heterocycles. The monoisotopic (exact) mass is 280 g/mol. The van der Waals surface area contributed by atoms with Gasteiger partial charge >= 0.3 is 6.03 Å². The van der Waals surface area contributed by atoms with Crippen LogP contribution in [-0.2, 0) is 4.74 Å². The van der Waals surface area contributed by atoms with E-state index in [9.17, 15) is 4.79 Å². The van der Waals surface area contributed by atoms with Gasteiger partial charge in [-0.25, -0.2) is 4.79 Å². The van der Waals surface area contributed by atoms with E-state index in [4.69, 9.17) is 9.47 Å². The molecule has 0 bridgehead atoms. The molecule has 0 aliphatic rings. The summed E-state index contributed by atoms with van der Waals surface area (Å²) >= 11 is 0. The van der Waals surface area contributed by atoms with Gasteiger partial charge < -0.3 is 20.1 Å². The van der Waals surface area contributed by atoms with Gasteiger partial charge in [0.25, 0.3) is 0 Å². The highest BCUT2D eigenvalue weighted by Crippen LogP contribution is 2.14. The van der Waals surface area contributed by atoms with E-state index in [0.29, 0.717) is 13.2 Å². The molecule has 0 aromatic heterocycles. The number of hydrogen-bond acceptors (Lipinski definition) is 3. The van der Waals surface area contributed by atoms with Gasteiger partial charge in [-0.1, -0.05) is 13.3 Å². The fraction of sp³-hybridized carbons (Fsp3) is 0.533. The fourth-order valence-electron chi connectivity index (χ4n) is 1.57. The Morgan fingerprint density at radius 2 is 1.85 bits per heavy atom. The van der Waals surface area contributed by atoms with Crippen LogP contribution in [0, 0.1) is 0 Å². The van der Waals surface area contributed by atoms with E-state index in [0.717, 1.165) is 37.3 Å². The molecule has 5 heteroatoms. The minimum absolute atomic E-state index is 0.205. The van der Waals surface area contributed by atoms with Crippen LogP contribution in [0.5, 0.6) is 5.75 Å². The zero-order valence-electron chi connectivity index (χ0n) is 12.3. The van der Waals surface area contributed by atoms with E-state index in [1.165, 1.54) is 0 Å². The van der Waals surface area contributed by atoms with Crippen molar-refractivity contribution in [2.45, 2.75) is 26.2 Å². The summed E-state index contributed by atoms with van der Waals surface area (Å²) in [5.41, 5.74) is 0.738. The molecule has 0 fully saturated rings. The average Bonchev–Trinajstić information content (AvgIpc) is 2.47. The molecule has 0 saturated carbocycles. The van der Waals surface area contributed by atoms with Crippen molar-refractivity contribution in [2.75, 3.05) is 32.2 Å². The number of carbonyl (C=O) groups excluding carboxylic acids is 1. The van der Waals surface area contributed by atoms with Crippen LogP contribution in [0.4, 0.5) is 10.5 Å². The van der Waals surface area contributed by atoms with E-state index >= 15 is 0 Å². The van der Waals surface area contributed by atoms with Crippen molar-refractivity contribution in [1.29, 1.82) is 0 Å². The molecule has 0 radical (unpaired) electrons. The van der Waals surface area contributed by atoms with E-state index in [1.54, 1.807) is 31.4 Å². The maximum absolute atomic E-state index is 11.6. The Hall–Kier alpha value is -1.75. The summed E-state index contributed by atoms with van der Waals surface area (Å²) < 4.78 is 10.5. The van der Waals surface area contributed by atoms with Crippen LogP contribution < -0.4 is 15.4 Å². The lowest BCUT2D eigenvalue weighted by atomic mass is 10.3. The molecule has 2 amide bonds. The van der Waals surface area contributed by atoms with Crippen molar-refractivity contribution in [3.63, 3.8) is 0 Å². The second kappa shape index (κ2) is 10.1. The minimum Gasteiger partial charge on any atom is -0.497 e. The number of anilines is 1. The number of rotatable bonds is 9. The van der Waals surface area contributed by atoms with E-state index in [1.807, 2.05) is 0 Å². The SMILES string of the molecule is CCCCOCCCNC(=O)Nc1ccc(OC)cc1. The first-order valence-electron chi connectivity index (χ1n) is 7.03. The van der Waals surface area contributed by atoms with Crippen LogP contribution in [0.25, 0.3) is 0 Å². The fourth-order valence-corrected chi connectivity index (χ4v) is 1.57. The van der Waals surface area contributed by atoms with Crippen LogP contribution in [0.15, 0.2) is 24.3 Å². The maximum atomic E-state index is 11.6. The molecule has 0 unspecified atom stereocenters. The second-order valence-corrected chi connectivity index (χ2v) is 4.43. The van der Waals surface area contributed by atoms with Crippen LogP contribution in [0.1, 0.15) is 26.2 Å². The average molecular weight is 280 g/mol. The highest BCUT2D eigenvalue weighted by Gasteiger charge is 2.01. The summed E-state index contributed by atoms with van der Waals surface area (Å²) in [5, 5.41) is 5.55. The Morgan fingerprint density at radius 3 is 2.50 bits per heavy atom. The third-order valence-corrected chi connectivity index (χ3v) is 2.74. The normalized spacial score (nSPS) is 10.1. The molecule has 0 aliphatic carbocycles. The van der Waals surface area contributed by atoms with Gasteiger partial charge in [0.2, 0.25) is 0 Å². The summed E-state index contributed by atoms with van der Waals surface area (Å²) in [6.07, 6.45) is 3.05. The Morgan fingerprint density at radius 1 is 1.15 bits per heavy atom. The first-order valence-corrected chi connectivity index (χ1v) is 7.03. The molecule has 1 aromatic carbocycles. The number of amides is 2. The number of methoxy groups -OCH3 is 1. The van der Waals surface area contributed by atoms with Crippen LogP contribution in [-0.4, -0.2) is 32.9 Å². The predicted octanol–water partition coefficient (Wildman–Crippen LogP) is 3.02. The summed E-state index contributed by atoms with van der Waals surface area (Å²) in [7, 11) is 1.61. The molecular formula is C15H24N2O3. The lowest BCUT2D eigenvalue weighted by Gasteiger charge is -2.08. The second-order valence-electron chi connectivity index (χ2n) is 4.43. The van der Waals surface area contributed by atoms with Crippen LogP contribution in [0.3, 0.4) is 0 Å². The number of urea groups is 1. The van der Waals surface area contributed by atoms with Crippen LogP contribution in [0.2, 0.25) is 0 Å². The number of hydrogen-bond donors (Lipinski definition) is 2.